The Bertz CT molecular complexity index is 1040. The molecule has 0 saturated carbocycles. The van der Waals surface area contributed by atoms with E-state index in [1.807, 2.05) is 41.4 Å². The van der Waals surface area contributed by atoms with E-state index in [0.717, 1.165) is 27.7 Å². The number of fused-ring (bicyclic) bond motifs is 3. The molecule has 2 aliphatic rings. The quantitative estimate of drug-likeness (QED) is 0.393. The van der Waals surface area contributed by atoms with Crippen molar-refractivity contribution in [2.75, 3.05) is 0 Å². The van der Waals surface area contributed by atoms with Crippen LogP contribution in [0.3, 0.4) is 0 Å². The lowest BCUT2D eigenvalue weighted by Crippen LogP contribution is -2.33. The van der Waals surface area contributed by atoms with Crippen molar-refractivity contribution in [3.63, 3.8) is 0 Å². The van der Waals surface area contributed by atoms with Crippen molar-refractivity contribution < 1.29 is 4.74 Å². The van der Waals surface area contributed by atoms with Crippen molar-refractivity contribution in [1.82, 2.24) is 5.01 Å². The van der Waals surface area contributed by atoms with Crippen LogP contribution in [0.5, 0.6) is 5.75 Å². The zero-order valence-electron chi connectivity index (χ0n) is 13.9. The fraction of sp³-hybridized carbons (Fsp3) is 0.150. The van der Waals surface area contributed by atoms with E-state index in [9.17, 15) is 0 Å². The van der Waals surface area contributed by atoms with E-state index in [1.54, 1.807) is 17.4 Å². The normalized spacial score (nSPS) is 20.7. The second-order valence-electron chi connectivity index (χ2n) is 6.45. The summed E-state index contributed by atoms with van der Waals surface area (Å²) < 4.78 is 7.36. The summed E-state index contributed by atoms with van der Waals surface area (Å²) in [5.41, 5.74) is 3.07. The van der Waals surface area contributed by atoms with Gasteiger partial charge < -0.3 is 4.74 Å². The van der Waals surface area contributed by atoms with Crippen LogP contribution in [0.25, 0.3) is 0 Å². The van der Waals surface area contributed by atoms with Gasteiger partial charge in [0.05, 0.1) is 21.7 Å². The molecule has 1 aromatic heterocycles. The standard InChI is InChI=1S/C20H13BrCl2N2OS/c21-12-5-3-11(4-6-12)20-25-17(10-16(24-25)18-2-1-7-27-18)14-8-13(22)9-15(23)19(14)26-20/h1-9,17,20H,10H2/t17-,20-/m1/s1. The van der Waals surface area contributed by atoms with Crippen molar-refractivity contribution in [2.45, 2.75) is 18.7 Å². The zero-order chi connectivity index (χ0) is 18.5. The number of benzene rings is 2. The zero-order valence-corrected chi connectivity index (χ0v) is 17.8. The van der Waals surface area contributed by atoms with Crippen LogP contribution in [0.1, 0.15) is 34.7 Å². The second-order valence-corrected chi connectivity index (χ2v) is 9.16. The molecule has 3 aromatic rings. The fourth-order valence-corrected chi connectivity index (χ4v) is 5.09. The van der Waals surface area contributed by atoms with Gasteiger partial charge in [-0.25, -0.2) is 5.01 Å². The molecule has 2 aromatic carbocycles. The van der Waals surface area contributed by atoms with Crippen molar-refractivity contribution in [2.24, 2.45) is 5.10 Å². The second kappa shape index (κ2) is 6.82. The first kappa shape index (κ1) is 17.6. The Morgan fingerprint density at radius 2 is 1.96 bits per heavy atom. The molecule has 0 spiro atoms. The van der Waals surface area contributed by atoms with Crippen molar-refractivity contribution in [3.05, 3.63) is 84.4 Å². The number of halogens is 3. The topological polar surface area (TPSA) is 24.8 Å². The predicted molar refractivity (Wildman–Crippen MR) is 114 cm³/mol. The summed E-state index contributed by atoms with van der Waals surface area (Å²) in [6.07, 6.45) is 0.451. The first-order valence-electron chi connectivity index (χ1n) is 8.41. The van der Waals surface area contributed by atoms with Crippen LogP contribution >= 0.6 is 50.5 Å². The molecule has 7 heteroatoms. The van der Waals surface area contributed by atoms with Gasteiger partial charge in [0.15, 0.2) is 0 Å². The van der Waals surface area contributed by atoms with Crippen LogP contribution in [-0.2, 0) is 0 Å². The third-order valence-electron chi connectivity index (χ3n) is 4.77. The molecular formula is C20H13BrCl2N2OS. The molecule has 0 bridgehead atoms. The average molecular weight is 480 g/mol. The van der Waals surface area contributed by atoms with Gasteiger partial charge in [-0.2, -0.15) is 5.10 Å². The van der Waals surface area contributed by atoms with Gasteiger partial charge in [-0.3, -0.25) is 0 Å². The number of hydrogen-bond donors (Lipinski definition) is 0. The number of thiophene rings is 1. The molecule has 5 rings (SSSR count). The van der Waals surface area contributed by atoms with Crippen molar-refractivity contribution in [1.29, 1.82) is 0 Å². The summed E-state index contributed by atoms with van der Waals surface area (Å²) >= 11 is 17.9. The Morgan fingerprint density at radius 1 is 1.15 bits per heavy atom. The van der Waals surface area contributed by atoms with E-state index in [4.69, 9.17) is 33.0 Å². The summed E-state index contributed by atoms with van der Waals surface area (Å²) in [4.78, 5) is 1.17. The highest BCUT2D eigenvalue weighted by Crippen LogP contribution is 2.51. The Kier molecular flexibility index (Phi) is 4.43. The van der Waals surface area contributed by atoms with Gasteiger partial charge in [0.1, 0.15) is 5.75 Å². The SMILES string of the molecule is Clc1cc(Cl)c2c(c1)[C@H]1CC(c3cccs3)=NN1[C@@H](c1ccc(Br)cc1)O2. The smallest absolute Gasteiger partial charge is 0.213 e. The molecule has 2 atom stereocenters. The minimum absolute atomic E-state index is 0.0377. The van der Waals surface area contributed by atoms with Crippen LogP contribution in [0.15, 0.2) is 63.5 Å². The number of ether oxygens (including phenoxy) is 1. The Morgan fingerprint density at radius 3 is 2.70 bits per heavy atom. The predicted octanol–water partition coefficient (Wildman–Crippen LogP) is 7.06. The monoisotopic (exact) mass is 478 g/mol. The summed E-state index contributed by atoms with van der Waals surface area (Å²) in [5, 5.41) is 10.2. The van der Waals surface area contributed by atoms with E-state index in [-0.39, 0.29) is 12.3 Å². The van der Waals surface area contributed by atoms with E-state index in [2.05, 4.69) is 27.4 Å². The van der Waals surface area contributed by atoms with Crippen molar-refractivity contribution >= 4 is 56.2 Å². The van der Waals surface area contributed by atoms with E-state index in [1.165, 1.54) is 4.88 Å². The molecule has 0 aliphatic carbocycles. The molecule has 3 nitrogen and oxygen atoms in total. The van der Waals surface area contributed by atoms with Gasteiger partial charge >= 0.3 is 0 Å². The Balaban J connectivity index is 1.64. The molecule has 0 fully saturated rings. The molecule has 3 heterocycles. The lowest BCUT2D eigenvalue weighted by atomic mass is 9.97. The molecular weight excluding hydrogens is 467 g/mol. The summed E-state index contributed by atoms with van der Waals surface area (Å²) in [6, 6.07) is 15.9. The lowest BCUT2D eigenvalue weighted by molar-refractivity contribution is -0.0189. The molecule has 27 heavy (non-hydrogen) atoms. The number of hydrazone groups is 1. The maximum absolute atomic E-state index is 6.48. The maximum atomic E-state index is 6.48. The third-order valence-corrected chi connectivity index (χ3v) is 6.72. The number of hydrogen-bond acceptors (Lipinski definition) is 4. The van der Waals surface area contributed by atoms with Crippen LogP contribution in [0.2, 0.25) is 10.0 Å². The highest BCUT2D eigenvalue weighted by molar-refractivity contribution is 9.10. The van der Waals surface area contributed by atoms with Crippen molar-refractivity contribution in [3.8, 4) is 5.75 Å². The van der Waals surface area contributed by atoms with Gasteiger partial charge in [-0.15, -0.1) is 11.3 Å². The first-order chi connectivity index (χ1) is 13.1. The van der Waals surface area contributed by atoms with Gasteiger partial charge in [0.25, 0.3) is 0 Å². The average Bonchev–Trinajstić information content (AvgIpc) is 3.32. The highest BCUT2D eigenvalue weighted by Gasteiger charge is 2.42. The van der Waals surface area contributed by atoms with Crippen LogP contribution in [-0.4, -0.2) is 10.7 Å². The molecule has 2 aliphatic heterocycles. The summed E-state index contributed by atoms with van der Waals surface area (Å²) in [6.45, 7) is 0. The van der Waals surface area contributed by atoms with E-state index in [0.29, 0.717) is 15.8 Å². The van der Waals surface area contributed by atoms with Gasteiger partial charge in [0, 0.05) is 27.0 Å². The molecule has 0 amide bonds. The highest BCUT2D eigenvalue weighted by atomic mass is 79.9. The third kappa shape index (κ3) is 3.07. The van der Waals surface area contributed by atoms with Gasteiger partial charge in [-0.1, -0.05) is 57.3 Å². The van der Waals surface area contributed by atoms with Crippen LogP contribution in [0, 0.1) is 0 Å². The lowest BCUT2D eigenvalue weighted by Gasteiger charge is -2.38. The molecule has 0 radical (unpaired) electrons. The van der Waals surface area contributed by atoms with Crippen LogP contribution in [0.4, 0.5) is 0 Å². The van der Waals surface area contributed by atoms with Gasteiger partial charge in [-0.05, 0) is 35.7 Å². The molecule has 0 saturated heterocycles. The van der Waals surface area contributed by atoms with Gasteiger partial charge in [0.2, 0.25) is 6.23 Å². The summed E-state index contributed by atoms with van der Waals surface area (Å²) in [7, 11) is 0. The maximum Gasteiger partial charge on any atom is 0.213 e. The largest absolute Gasteiger partial charge is 0.463 e. The Hall–Kier alpha value is -1.53. The Labute approximate surface area is 179 Å². The van der Waals surface area contributed by atoms with E-state index < -0.39 is 0 Å². The molecule has 136 valence electrons. The van der Waals surface area contributed by atoms with Crippen LogP contribution < -0.4 is 4.74 Å². The first-order valence-corrected chi connectivity index (χ1v) is 10.8. The summed E-state index contributed by atoms with van der Waals surface area (Å²) in [5.74, 6) is 0.692. The fourth-order valence-electron chi connectivity index (χ4n) is 3.55. The minimum Gasteiger partial charge on any atom is -0.463 e. The molecule has 0 unspecified atom stereocenters. The number of nitrogens with zero attached hydrogens (tertiary/aromatic N) is 2. The van der Waals surface area contributed by atoms with E-state index >= 15 is 0 Å². The number of rotatable bonds is 2. The molecule has 0 N–H and O–H groups in total. The minimum atomic E-state index is -0.341.